The first-order valence-electron chi connectivity index (χ1n) is 7.28. The van der Waals surface area contributed by atoms with E-state index in [4.69, 9.17) is 5.73 Å². The third kappa shape index (κ3) is 3.49. The molecule has 122 valence electrons. The van der Waals surface area contributed by atoms with Gasteiger partial charge in [0.05, 0.1) is 5.56 Å². The molecule has 0 amide bonds. The summed E-state index contributed by atoms with van der Waals surface area (Å²) in [5, 5.41) is 0. The largest absolute Gasteiger partial charge is 0.697 e. The molecule has 2 aromatic rings. The van der Waals surface area contributed by atoms with Crippen LogP contribution >= 0.6 is 0 Å². The SMILES string of the molecule is [NH-]c1ccc(N2CCN(c3cccc(C(F)(F)F)c3)CC2)nc1. The molecular formula is C16H16F3N4-. The molecule has 1 aliphatic rings. The number of benzene rings is 1. The molecular weight excluding hydrogens is 305 g/mol. The number of nitrogens with one attached hydrogen (secondary N) is 1. The normalized spacial score (nSPS) is 15.8. The molecule has 1 aliphatic heterocycles. The third-order valence-corrected chi connectivity index (χ3v) is 3.89. The lowest BCUT2D eigenvalue weighted by molar-refractivity contribution is -0.137. The first-order chi connectivity index (χ1) is 10.9. The van der Waals surface area contributed by atoms with Gasteiger partial charge >= 0.3 is 6.18 Å². The Bertz CT molecular complexity index is 662. The number of anilines is 2. The maximum atomic E-state index is 12.8. The van der Waals surface area contributed by atoms with Crippen LogP contribution in [-0.2, 0) is 6.18 Å². The van der Waals surface area contributed by atoms with Crippen molar-refractivity contribution in [3.8, 4) is 0 Å². The van der Waals surface area contributed by atoms with E-state index in [1.54, 1.807) is 18.2 Å². The summed E-state index contributed by atoms with van der Waals surface area (Å²) in [5.41, 5.74) is 7.77. The van der Waals surface area contributed by atoms with Gasteiger partial charge in [-0.1, -0.05) is 12.1 Å². The van der Waals surface area contributed by atoms with Gasteiger partial charge < -0.3 is 15.5 Å². The van der Waals surface area contributed by atoms with Gasteiger partial charge in [0.2, 0.25) is 0 Å². The van der Waals surface area contributed by atoms with Crippen molar-refractivity contribution in [3.05, 3.63) is 53.9 Å². The predicted molar refractivity (Wildman–Crippen MR) is 84.1 cm³/mol. The molecule has 23 heavy (non-hydrogen) atoms. The van der Waals surface area contributed by atoms with Crippen molar-refractivity contribution < 1.29 is 13.2 Å². The molecule has 0 aliphatic carbocycles. The molecule has 0 saturated carbocycles. The van der Waals surface area contributed by atoms with Crippen LogP contribution < -0.4 is 9.80 Å². The van der Waals surface area contributed by atoms with Crippen LogP contribution in [0.3, 0.4) is 0 Å². The van der Waals surface area contributed by atoms with E-state index in [-0.39, 0.29) is 0 Å². The zero-order chi connectivity index (χ0) is 16.4. The fraction of sp³-hybridized carbons (Fsp3) is 0.312. The van der Waals surface area contributed by atoms with E-state index in [1.165, 1.54) is 18.3 Å². The van der Waals surface area contributed by atoms with Crippen molar-refractivity contribution in [2.45, 2.75) is 6.18 Å². The van der Waals surface area contributed by atoms with E-state index < -0.39 is 11.7 Å². The topological polar surface area (TPSA) is 43.2 Å². The molecule has 4 nitrogen and oxygen atoms in total. The second kappa shape index (κ2) is 5.98. The first kappa shape index (κ1) is 15.5. The van der Waals surface area contributed by atoms with E-state index in [1.807, 2.05) is 4.90 Å². The minimum Gasteiger partial charge on any atom is -0.697 e. The van der Waals surface area contributed by atoms with Gasteiger partial charge in [0, 0.05) is 38.1 Å². The van der Waals surface area contributed by atoms with Crippen molar-refractivity contribution in [2.24, 2.45) is 0 Å². The van der Waals surface area contributed by atoms with E-state index in [2.05, 4.69) is 9.88 Å². The molecule has 0 atom stereocenters. The minimum atomic E-state index is -4.32. The number of halogens is 3. The van der Waals surface area contributed by atoms with Gasteiger partial charge in [0.25, 0.3) is 0 Å². The standard InChI is InChI=1S/C16H16F3N4/c17-16(18,19)12-2-1-3-14(10-12)22-6-8-23(9-7-22)15-5-4-13(20)11-21-15/h1-5,10-11,20H,6-9H2/q-1. The van der Waals surface area contributed by atoms with Gasteiger partial charge in [-0.25, -0.2) is 4.98 Å². The van der Waals surface area contributed by atoms with Gasteiger partial charge in [0.1, 0.15) is 5.82 Å². The van der Waals surface area contributed by atoms with Crippen LogP contribution in [-0.4, -0.2) is 31.2 Å². The third-order valence-electron chi connectivity index (χ3n) is 3.89. The van der Waals surface area contributed by atoms with Crippen molar-refractivity contribution in [2.75, 3.05) is 36.0 Å². The minimum absolute atomic E-state index is 0.358. The number of hydrogen-bond acceptors (Lipinski definition) is 3. The lowest BCUT2D eigenvalue weighted by atomic mass is 10.1. The number of hydrogen-bond donors (Lipinski definition) is 0. The Hall–Kier alpha value is -2.44. The van der Waals surface area contributed by atoms with Gasteiger partial charge in [0.15, 0.2) is 0 Å². The Morgan fingerprint density at radius 2 is 1.65 bits per heavy atom. The van der Waals surface area contributed by atoms with Crippen LogP contribution in [0.5, 0.6) is 0 Å². The molecule has 0 unspecified atom stereocenters. The molecule has 3 rings (SSSR count). The molecule has 1 fully saturated rings. The van der Waals surface area contributed by atoms with Crippen LogP contribution in [0.4, 0.5) is 30.4 Å². The molecule has 1 N–H and O–H groups in total. The lowest BCUT2D eigenvalue weighted by Gasteiger charge is -2.37. The Morgan fingerprint density at radius 3 is 2.26 bits per heavy atom. The Balaban J connectivity index is 1.68. The van der Waals surface area contributed by atoms with Crippen LogP contribution in [0.25, 0.3) is 5.73 Å². The molecule has 1 aromatic carbocycles. The van der Waals surface area contributed by atoms with Crippen LogP contribution in [0.15, 0.2) is 42.6 Å². The summed E-state index contributed by atoms with van der Waals surface area (Å²) >= 11 is 0. The summed E-state index contributed by atoms with van der Waals surface area (Å²) in [4.78, 5) is 8.24. The second-order valence-corrected chi connectivity index (χ2v) is 5.43. The molecule has 2 heterocycles. The van der Waals surface area contributed by atoms with Gasteiger partial charge in [-0.05, 0) is 24.3 Å². The van der Waals surface area contributed by atoms with Crippen molar-refractivity contribution in [1.29, 1.82) is 0 Å². The van der Waals surface area contributed by atoms with Gasteiger partial charge in [-0.2, -0.15) is 13.2 Å². The summed E-state index contributed by atoms with van der Waals surface area (Å²) in [7, 11) is 0. The summed E-state index contributed by atoms with van der Waals surface area (Å²) in [6.45, 7) is 2.62. The quantitative estimate of drug-likeness (QED) is 0.836. The van der Waals surface area contributed by atoms with Crippen molar-refractivity contribution in [1.82, 2.24) is 4.98 Å². The molecule has 0 radical (unpaired) electrons. The highest BCUT2D eigenvalue weighted by Gasteiger charge is 2.31. The summed E-state index contributed by atoms with van der Waals surface area (Å²) in [6.07, 6.45) is -2.83. The number of pyridine rings is 1. The number of rotatable bonds is 2. The first-order valence-corrected chi connectivity index (χ1v) is 7.28. The zero-order valence-electron chi connectivity index (χ0n) is 12.3. The van der Waals surface area contributed by atoms with E-state index in [0.717, 1.165) is 11.9 Å². The second-order valence-electron chi connectivity index (χ2n) is 5.43. The molecule has 1 saturated heterocycles. The van der Waals surface area contributed by atoms with Crippen molar-refractivity contribution in [3.63, 3.8) is 0 Å². The number of alkyl halides is 3. The van der Waals surface area contributed by atoms with Gasteiger partial charge in [-0.15, -0.1) is 5.69 Å². The fourth-order valence-corrected chi connectivity index (χ4v) is 2.65. The zero-order valence-corrected chi connectivity index (χ0v) is 12.3. The predicted octanol–water partition coefficient (Wildman–Crippen LogP) is 4.11. The van der Waals surface area contributed by atoms with Crippen LogP contribution in [0.1, 0.15) is 5.56 Å². The molecule has 0 bridgehead atoms. The summed E-state index contributed by atoms with van der Waals surface area (Å²) < 4.78 is 38.4. The Morgan fingerprint density at radius 1 is 0.957 bits per heavy atom. The maximum absolute atomic E-state index is 12.8. The highest BCUT2D eigenvalue weighted by Crippen LogP contribution is 2.32. The van der Waals surface area contributed by atoms with Gasteiger partial charge in [-0.3, -0.25) is 0 Å². The Labute approximate surface area is 132 Å². The average Bonchev–Trinajstić information content (AvgIpc) is 2.55. The number of aromatic nitrogens is 1. The number of piperazine rings is 1. The maximum Gasteiger partial charge on any atom is 0.416 e. The van der Waals surface area contributed by atoms with E-state index in [0.29, 0.717) is 37.6 Å². The van der Waals surface area contributed by atoms with E-state index >= 15 is 0 Å². The molecule has 1 aromatic heterocycles. The monoisotopic (exact) mass is 321 g/mol. The van der Waals surface area contributed by atoms with Crippen molar-refractivity contribution >= 4 is 17.2 Å². The summed E-state index contributed by atoms with van der Waals surface area (Å²) in [5.74, 6) is 0.796. The lowest BCUT2D eigenvalue weighted by Crippen LogP contribution is -2.46. The molecule has 0 spiro atoms. The smallest absolute Gasteiger partial charge is 0.416 e. The van der Waals surface area contributed by atoms with Crippen LogP contribution in [0.2, 0.25) is 0 Å². The van der Waals surface area contributed by atoms with Crippen LogP contribution in [0, 0.1) is 0 Å². The highest BCUT2D eigenvalue weighted by atomic mass is 19.4. The summed E-state index contributed by atoms with van der Waals surface area (Å²) in [6, 6.07) is 8.91. The number of nitrogens with zero attached hydrogens (tertiary/aromatic N) is 3. The molecule has 7 heteroatoms. The van der Waals surface area contributed by atoms with E-state index in [9.17, 15) is 13.2 Å². The Kier molecular flexibility index (Phi) is 4.02. The average molecular weight is 321 g/mol. The highest BCUT2D eigenvalue weighted by molar-refractivity contribution is 5.53. The fourth-order valence-electron chi connectivity index (χ4n) is 2.65.